The van der Waals surface area contributed by atoms with Gasteiger partial charge in [0, 0.05) is 25.3 Å². The van der Waals surface area contributed by atoms with Gasteiger partial charge < -0.3 is 10.2 Å². The number of amides is 1. The van der Waals surface area contributed by atoms with Crippen molar-refractivity contribution in [2.45, 2.75) is 18.9 Å². The maximum Gasteiger partial charge on any atom is 0.252 e. The lowest BCUT2D eigenvalue weighted by Crippen LogP contribution is -2.35. The summed E-state index contributed by atoms with van der Waals surface area (Å²) >= 11 is 0. The molecule has 1 aliphatic carbocycles. The number of anilines is 1. The monoisotopic (exact) mass is 243 g/mol. The van der Waals surface area contributed by atoms with E-state index >= 15 is 0 Å². The number of nitrogens with one attached hydrogen (secondary N) is 1. The Labute approximate surface area is 107 Å². The van der Waals surface area contributed by atoms with Gasteiger partial charge in [0.2, 0.25) is 0 Å². The highest BCUT2D eigenvalue weighted by Crippen LogP contribution is 2.32. The molecule has 1 aromatic rings. The molecule has 1 atom stereocenters. The molecule has 4 heteroatoms. The van der Waals surface area contributed by atoms with E-state index in [-0.39, 0.29) is 11.9 Å². The molecule has 0 aliphatic heterocycles. The van der Waals surface area contributed by atoms with Gasteiger partial charge in [-0.1, -0.05) is 0 Å². The molecule has 1 aromatic carbocycles. The van der Waals surface area contributed by atoms with Crippen LogP contribution in [0.4, 0.5) is 5.69 Å². The van der Waals surface area contributed by atoms with Crippen LogP contribution in [0, 0.1) is 17.2 Å². The molecule has 1 aliphatic rings. The van der Waals surface area contributed by atoms with Crippen molar-refractivity contribution in [3.8, 4) is 6.07 Å². The quantitative estimate of drug-likeness (QED) is 0.877. The van der Waals surface area contributed by atoms with Gasteiger partial charge in [0.1, 0.15) is 6.04 Å². The first-order valence-electron chi connectivity index (χ1n) is 6.09. The van der Waals surface area contributed by atoms with Crippen molar-refractivity contribution in [3.63, 3.8) is 0 Å². The standard InChI is InChI=1S/C14H17N3O/c1-17(2)12-7-5-11(6-8-12)14(18)16-13(9-15)10-3-4-10/h5-8,10,13H,3-4H2,1-2H3,(H,16,18). The van der Waals surface area contributed by atoms with E-state index in [1.54, 1.807) is 12.1 Å². The van der Waals surface area contributed by atoms with Gasteiger partial charge in [0.15, 0.2) is 0 Å². The van der Waals surface area contributed by atoms with Crippen molar-refractivity contribution in [3.05, 3.63) is 29.8 Å². The van der Waals surface area contributed by atoms with Crippen molar-refractivity contribution < 1.29 is 4.79 Å². The smallest absolute Gasteiger partial charge is 0.252 e. The molecule has 1 amide bonds. The van der Waals surface area contributed by atoms with Crippen LogP contribution in [0.1, 0.15) is 23.2 Å². The van der Waals surface area contributed by atoms with Crippen LogP contribution in [0.3, 0.4) is 0 Å². The minimum Gasteiger partial charge on any atom is -0.378 e. The Kier molecular flexibility index (Phi) is 3.52. The normalized spacial score (nSPS) is 15.6. The molecule has 1 N–H and O–H groups in total. The largest absolute Gasteiger partial charge is 0.378 e. The van der Waals surface area contributed by atoms with Crippen LogP contribution in [-0.4, -0.2) is 26.0 Å². The fourth-order valence-corrected chi connectivity index (χ4v) is 1.82. The Morgan fingerprint density at radius 2 is 2.00 bits per heavy atom. The van der Waals surface area contributed by atoms with Gasteiger partial charge in [-0.3, -0.25) is 4.79 Å². The van der Waals surface area contributed by atoms with Gasteiger partial charge in [0.05, 0.1) is 6.07 Å². The summed E-state index contributed by atoms with van der Waals surface area (Å²) in [6.45, 7) is 0. The highest BCUT2D eigenvalue weighted by molar-refractivity contribution is 5.94. The zero-order valence-electron chi connectivity index (χ0n) is 10.7. The lowest BCUT2D eigenvalue weighted by Gasteiger charge is -2.13. The lowest BCUT2D eigenvalue weighted by atomic mass is 10.1. The first-order valence-corrected chi connectivity index (χ1v) is 6.09. The van der Waals surface area contributed by atoms with Crippen molar-refractivity contribution in [1.29, 1.82) is 5.26 Å². The van der Waals surface area contributed by atoms with E-state index < -0.39 is 0 Å². The molecule has 0 bridgehead atoms. The second kappa shape index (κ2) is 5.09. The van der Waals surface area contributed by atoms with Crippen LogP contribution >= 0.6 is 0 Å². The summed E-state index contributed by atoms with van der Waals surface area (Å²) in [5.41, 5.74) is 1.65. The molecule has 1 fully saturated rings. The number of carbonyl (C=O) groups excluding carboxylic acids is 1. The summed E-state index contributed by atoms with van der Waals surface area (Å²) in [7, 11) is 3.90. The van der Waals surface area contributed by atoms with Crippen LogP contribution < -0.4 is 10.2 Å². The second-order valence-electron chi connectivity index (χ2n) is 4.86. The molecule has 4 nitrogen and oxygen atoms in total. The molecule has 2 rings (SSSR count). The number of hydrogen-bond donors (Lipinski definition) is 1. The van der Waals surface area contributed by atoms with Crippen molar-refractivity contribution in [2.75, 3.05) is 19.0 Å². The van der Waals surface area contributed by atoms with E-state index in [2.05, 4.69) is 11.4 Å². The van der Waals surface area contributed by atoms with Gasteiger partial charge >= 0.3 is 0 Å². The van der Waals surface area contributed by atoms with Crippen LogP contribution in [0.25, 0.3) is 0 Å². The predicted molar refractivity (Wildman–Crippen MR) is 70.4 cm³/mol. The van der Waals surface area contributed by atoms with E-state index in [4.69, 9.17) is 5.26 Å². The van der Waals surface area contributed by atoms with Crippen LogP contribution in [0.5, 0.6) is 0 Å². The average molecular weight is 243 g/mol. The molecule has 1 saturated carbocycles. The topological polar surface area (TPSA) is 56.1 Å². The highest BCUT2D eigenvalue weighted by atomic mass is 16.1. The highest BCUT2D eigenvalue weighted by Gasteiger charge is 2.32. The molecule has 0 saturated heterocycles. The van der Waals surface area contributed by atoms with E-state index in [1.165, 1.54) is 0 Å². The molecule has 0 aromatic heterocycles. The Balaban J connectivity index is 2.02. The first kappa shape index (κ1) is 12.4. The van der Waals surface area contributed by atoms with Gasteiger partial charge in [-0.05, 0) is 43.0 Å². The van der Waals surface area contributed by atoms with E-state index in [9.17, 15) is 4.79 Å². The Morgan fingerprint density at radius 3 is 2.44 bits per heavy atom. The van der Waals surface area contributed by atoms with Crippen molar-refractivity contribution in [1.82, 2.24) is 5.32 Å². The third kappa shape index (κ3) is 2.80. The number of nitrogens with zero attached hydrogens (tertiary/aromatic N) is 2. The Bertz CT molecular complexity index is 469. The summed E-state index contributed by atoms with van der Waals surface area (Å²) in [5.74, 6) is 0.179. The third-order valence-corrected chi connectivity index (χ3v) is 3.16. The van der Waals surface area contributed by atoms with Crippen molar-refractivity contribution in [2.24, 2.45) is 5.92 Å². The fraction of sp³-hybridized carbons (Fsp3) is 0.429. The van der Waals surface area contributed by atoms with E-state index in [0.717, 1.165) is 18.5 Å². The van der Waals surface area contributed by atoms with Crippen LogP contribution in [0.15, 0.2) is 24.3 Å². The summed E-state index contributed by atoms with van der Waals surface area (Å²) in [4.78, 5) is 13.9. The first-order chi connectivity index (χ1) is 8.61. The average Bonchev–Trinajstić information content (AvgIpc) is 3.20. The molecular formula is C14H17N3O. The molecule has 1 unspecified atom stereocenters. The van der Waals surface area contributed by atoms with Crippen molar-refractivity contribution >= 4 is 11.6 Å². The van der Waals surface area contributed by atoms with Crippen LogP contribution in [0.2, 0.25) is 0 Å². The molecule has 0 spiro atoms. The number of hydrogen-bond acceptors (Lipinski definition) is 3. The molecule has 18 heavy (non-hydrogen) atoms. The fourth-order valence-electron chi connectivity index (χ4n) is 1.82. The minimum atomic E-state index is -0.342. The van der Waals surface area contributed by atoms with Crippen LogP contribution in [-0.2, 0) is 0 Å². The predicted octanol–water partition coefficient (Wildman–Crippen LogP) is 1.78. The molecular weight excluding hydrogens is 226 g/mol. The zero-order chi connectivity index (χ0) is 13.1. The van der Waals surface area contributed by atoms with Gasteiger partial charge in [-0.25, -0.2) is 0 Å². The minimum absolute atomic E-state index is 0.168. The summed E-state index contributed by atoms with van der Waals surface area (Å²) in [6, 6.07) is 9.17. The number of rotatable bonds is 4. The maximum atomic E-state index is 12.0. The van der Waals surface area contributed by atoms with Gasteiger partial charge in [0.25, 0.3) is 5.91 Å². The number of nitriles is 1. The van der Waals surface area contributed by atoms with Gasteiger partial charge in [-0.15, -0.1) is 0 Å². The zero-order valence-corrected chi connectivity index (χ0v) is 10.7. The Hall–Kier alpha value is -2.02. The maximum absolute atomic E-state index is 12.0. The molecule has 0 radical (unpaired) electrons. The molecule has 0 heterocycles. The summed E-state index contributed by atoms with van der Waals surface area (Å²) in [5, 5.41) is 11.8. The number of benzene rings is 1. The summed E-state index contributed by atoms with van der Waals surface area (Å²) in [6.07, 6.45) is 2.08. The van der Waals surface area contributed by atoms with E-state index in [0.29, 0.717) is 11.5 Å². The summed E-state index contributed by atoms with van der Waals surface area (Å²) < 4.78 is 0. The second-order valence-corrected chi connectivity index (χ2v) is 4.86. The molecule has 94 valence electrons. The Morgan fingerprint density at radius 1 is 1.39 bits per heavy atom. The third-order valence-electron chi connectivity index (χ3n) is 3.16. The van der Waals surface area contributed by atoms with Gasteiger partial charge in [-0.2, -0.15) is 5.26 Å². The number of carbonyl (C=O) groups is 1. The van der Waals surface area contributed by atoms with E-state index in [1.807, 2.05) is 31.1 Å². The lowest BCUT2D eigenvalue weighted by molar-refractivity contribution is 0.0942. The SMILES string of the molecule is CN(C)c1ccc(C(=O)NC(C#N)C2CC2)cc1.